The summed E-state index contributed by atoms with van der Waals surface area (Å²) in [6, 6.07) is 8.24. The summed E-state index contributed by atoms with van der Waals surface area (Å²) in [6.45, 7) is 2.02. The fourth-order valence-corrected chi connectivity index (χ4v) is 3.50. The molecule has 0 saturated heterocycles. The van der Waals surface area contributed by atoms with Crippen LogP contribution >= 0.6 is 0 Å². The number of nitrogens with one attached hydrogen (secondary N) is 2. The largest absolute Gasteiger partial charge is 0.368 e. The highest BCUT2D eigenvalue weighted by atomic mass is 15.1. The SMILES string of the molecule is Cc1ccc2[nH]ncc2c1-c1cnc2[nH]c(-c3cnc(N)nc3)cc2c1C#N. The number of nitrogen functional groups attached to an aromatic ring is 1. The summed E-state index contributed by atoms with van der Waals surface area (Å²) >= 11 is 0. The summed E-state index contributed by atoms with van der Waals surface area (Å²) in [5.41, 5.74) is 12.0. The fraction of sp³-hybridized carbons (Fsp3) is 0.0500. The summed E-state index contributed by atoms with van der Waals surface area (Å²) in [5.74, 6) is 0.210. The molecule has 0 aliphatic heterocycles. The summed E-state index contributed by atoms with van der Waals surface area (Å²) < 4.78 is 0. The minimum Gasteiger partial charge on any atom is -0.368 e. The summed E-state index contributed by atoms with van der Waals surface area (Å²) in [5, 5.41) is 18.8. The molecular formula is C20H14N8. The Balaban J connectivity index is 1.77. The summed E-state index contributed by atoms with van der Waals surface area (Å²) in [4.78, 5) is 15.8. The number of aryl methyl sites for hydroxylation is 1. The van der Waals surface area contributed by atoms with Gasteiger partial charge in [0.2, 0.25) is 5.95 Å². The minimum absolute atomic E-state index is 0.210. The third kappa shape index (κ3) is 2.30. The highest BCUT2D eigenvalue weighted by Crippen LogP contribution is 2.36. The summed E-state index contributed by atoms with van der Waals surface area (Å²) in [6.07, 6.45) is 6.78. The fourth-order valence-electron chi connectivity index (χ4n) is 3.50. The molecule has 0 atom stereocenters. The highest BCUT2D eigenvalue weighted by Gasteiger charge is 2.18. The van der Waals surface area contributed by atoms with E-state index in [1.165, 1.54) is 0 Å². The smallest absolute Gasteiger partial charge is 0.219 e. The number of nitrogens with zero attached hydrogens (tertiary/aromatic N) is 5. The molecule has 4 heterocycles. The molecule has 5 rings (SSSR count). The van der Waals surface area contributed by atoms with E-state index in [1.54, 1.807) is 24.8 Å². The maximum absolute atomic E-state index is 9.95. The van der Waals surface area contributed by atoms with Gasteiger partial charge in [0, 0.05) is 40.5 Å². The van der Waals surface area contributed by atoms with E-state index in [2.05, 4.69) is 36.2 Å². The molecule has 0 aliphatic carbocycles. The molecule has 0 radical (unpaired) electrons. The molecule has 0 fully saturated rings. The number of fused-ring (bicyclic) bond motifs is 2. The van der Waals surface area contributed by atoms with Crippen molar-refractivity contribution in [1.29, 1.82) is 5.26 Å². The third-order valence-electron chi connectivity index (χ3n) is 4.85. The number of H-pyrrole nitrogens is 2. The molecule has 8 nitrogen and oxygen atoms in total. The quantitative estimate of drug-likeness (QED) is 0.439. The standard InChI is InChI=1S/C20H14N8/c1-10-2-3-16-15(9-26-28-16)18(10)14-8-23-19-12(13(14)5-21)4-17(27-19)11-6-24-20(22)25-7-11/h2-4,6-9H,1H3,(H,23,27)(H,26,28)(H2,22,24,25). The van der Waals surface area contributed by atoms with Crippen molar-refractivity contribution in [2.24, 2.45) is 0 Å². The molecule has 0 aliphatic rings. The molecular weight excluding hydrogens is 352 g/mol. The van der Waals surface area contributed by atoms with Crippen LogP contribution in [0.15, 0.2) is 43.0 Å². The zero-order valence-corrected chi connectivity index (χ0v) is 14.9. The molecule has 4 N–H and O–H groups in total. The Morgan fingerprint density at radius 2 is 1.86 bits per heavy atom. The molecule has 0 amide bonds. The normalized spacial score (nSPS) is 11.1. The van der Waals surface area contributed by atoms with Gasteiger partial charge in [-0.15, -0.1) is 0 Å². The van der Waals surface area contributed by atoms with Gasteiger partial charge < -0.3 is 10.7 Å². The molecule has 0 spiro atoms. The molecule has 0 unspecified atom stereocenters. The van der Waals surface area contributed by atoms with Crippen LogP contribution in [0.1, 0.15) is 11.1 Å². The van der Waals surface area contributed by atoms with Crippen LogP contribution in [0.25, 0.3) is 44.3 Å². The number of anilines is 1. The molecule has 0 bridgehead atoms. The van der Waals surface area contributed by atoms with Crippen LogP contribution in [0.3, 0.4) is 0 Å². The second-order valence-corrected chi connectivity index (χ2v) is 6.52. The molecule has 134 valence electrons. The predicted molar refractivity (Wildman–Crippen MR) is 106 cm³/mol. The first-order valence-electron chi connectivity index (χ1n) is 8.58. The zero-order chi connectivity index (χ0) is 19.3. The first-order chi connectivity index (χ1) is 13.7. The van der Waals surface area contributed by atoms with Gasteiger partial charge in [0.25, 0.3) is 0 Å². The van der Waals surface area contributed by atoms with Gasteiger partial charge in [0.15, 0.2) is 0 Å². The predicted octanol–water partition coefficient (Wildman–Crippen LogP) is 3.33. The van der Waals surface area contributed by atoms with Crippen LogP contribution in [-0.2, 0) is 0 Å². The number of nitrogens with two attached hydrogens (primary N) is 1. The van der Waals surface area contributed by atoms with E-state index in [0.29, 0.717) is 11.2 Å². The molecule has 4 aromatic heterocycles. The average molecular weight is 366 g/mol. The molecule has 0 saturated carbocycles. The maximum Gasteiger partial charge on any atom is 0.219 e. The Kier molecular flexibility index (Phi) is 3.36. The molecule has 28 heavy (non-hydrogen) atoms. The molecule has 1 aromatic carbocycles. The van der Waals surface area contributed by atoms with Crippen LogP contribution in [-0.4, -0.2) is 30.1 Å². The Labute approximate surface area is 159 Å². The summed E-state index contributed by atoms with van der Waals surface area (Å²) in [7, 11) is 0. The first kappa shape index (κ1) is 16.0. The van der Waals surface area contributed by atoms with Crippen molar-refractivity contribution < 1.29 is 0 Å². The number of hydrogen-bond acceptors (Lipinski definition) is 6. The second kappa shape index (κ2) is 5.89. The monoisotopic (exact) mass is 366 g/mol. The Hall–Kier alpha value is -4.25. The minimum atomic E-state index is 0.210. The number of benzene rings is 1. The van der Waals surface area contributed by atoms with Gasteiger partial charge in [-0.2, -0.15) is 10.4 Å². The number of aromatic nitrogens is 6. The van der Waals surface area contributed by atoms with Gasteiger partial charge in [-0.1, -0.05) is 6.07 Å². The van der Waals surface area contributed by atoms with Crippen molar-refractivity contribution in [2.45, 2.75) is 6.92 Å². The molecule has 5 aromatic rings. The van der Waals surface area contributed by atoms with Gasteiger partial charge in [0.05, 0.1) is 23.0 Å². The Bertz CT molecular complexity index is 1390. The number of aromatic amines is 2. The van der Waals surface area contributed by atoms with E-state index in [-0.39, 0.29) is 5.95 Å². The van der Waals surface area contributed by atoms with Crippen molar-refractivity contribution in [3.8, 4) is 28.5 Å². The van der Waals surface area contributed by atoms with E-state index in [9.17, 15) is 5.26 Å². The number of pyridine rings is 1. The first-order valence-corrected chi connectivity index (χ1v) is 8.58. The highest BCUT2D eigenvalue weighted by molar-refractivity contribution is 6.01. The van der Waals surface area contributed by atoms with Crippen LogP contribution < -0.4 is 5.73 Å². The maximum atomic E-state index is 9.95. The number of nitriles is 1. The number of hydrogen-bond donors (Lipinski definition) is 3. The van der Waals surface area contributed by atoms with Crippen LogP contribution in [0, 0.1) is 18.3 Å². The van der Waals surface area contributed by atoms with Gasteiger partial charge in [-0.25, -0.2) is 15.0 Å². The van der Waals surface area contributed by atoms with Crippen molar-refractivity contribution in [3.63, 3.8) is 0 Å². The Morgan fingerprint density at radius 1 is 1.04 bits per heavy atom. The van der Waals surface area contributed by atoms with Gasteiger partial charge >= 0.3 is 0 Å². The van der Waals surface area contributed by atoms with Crippen molar-refractivity contribution >= 4 is 27.9 Å². The van der Waals surface area contributed by atoms with Crippen molar-refractivity contribution in [3.05, 3.63) is 54.1 Å². The van der Waals surface area contributed by atoms with E-state index in [4.69, 9.17) is 5.73 Å². The van der Waals surface area contributed by atoms with Crippen LogP contribution in [0.4, 0.5) is 5.95 Å². The zero-order valence-electron chi connectivity index (χ0n) is 14.9. The van der Waals surface area contributed by atoms with Crippen molar-refractivity contribution in [1.82, 2.24) is 30.1 Å². The van der Waals surface area contributed by atoms with Gasteiger partial charge in [-0.3, -0.25) is 5.10 Å². The van der Waals surface area contributed by atoms with E-state index in [1.807, 2.05) is 25.1 Å². The lowest BCUT2D eigenvalue weighted by molar-refractivity contribution is 1.12. The van der Waals surface area contributed by atoms with E-state index >= 15 is 0 Å². The van der Waals surface area contributed by atoms with Gasteiger partial charge in [-0.05, 0) is 30.2 Å². The lowest BCUT2D eigenvalue weighted by Crippen LogP contribution is -1.93. The average Bonchev–Trinajstić information content (AvgIpc) is 3.34. The van der Waals surface area contributed by atoms with E-state index < -0.39 is 0 Å². The van der Waals surface area contributed by atoms with Gasteiger partial charge in [0.1, 0.15) is 11.7 Å². The second-order valence-electron chi connectivity index (χ2n) is 6.52. The lowest BCUT2D eigenvalue weighted by Gasteiger charge is -2.09. The lowest BCUT2D eigenvalue weighted by atomic mass is 9.94. The number of rotatable bonds is 2. The Morgan fingerprint density at radius 3 is 2.64 bits per heavy atom. The van der Waals surface area contributed by atoms with E-state index in [0.717, 1.165) is 44.2 Å². The molecule has 8 heteroatoms. The third-order valence-corrected chi connectivity index (χ3v) is 4.85. The van der Waals surface area contributed by atoms with Crippen molar-refractivity contribution in [2.75, 3.05) is 5.73 Å². The van der Waals surface area contributed by atoms with Crippen LogP contribution in [0.5, 0.6) is 0 Å². The van der Waals surface area contributed by atoms with Crippen LogP contribution in [0.2, 0.25) is 0 Å². The topological polar surface area (TPSA) is 133 Å².